The van der Waals surface area contributed by atoms with E-state index in [1.165, 1.54) is 0 Å². The Hall–Kier alpha value is -4.07. The van der Waals surface area contributed by atoms with Crippen LogP contribution < -0.4 is 14.8 Å². The fraction of sp³-hybridized carbons (Fsp3) is 0.136. The zero-order chi connectivity index (χ0) is 20.7. The molecule has 0 unspecified atom stereocenters. The number of hydrogen-bond donors (Lipinski definition) is 1. The summed E-state index contributed by atoms with van der Waals surface area (Å²) in [7, 11) is 1.62. The molecule has 1 aromatic carbocycles. The summed E-state index contributed by atoms with van der Waals surface area (Å²) >= 11 is 0. The average molecular weight is 399 g/mol. The van der Waals surface area contributed by atoms with E-state index < -0.39 is 0 Å². The first-order valence-corrected chi connectivity index (χ1v) is 9.49. The van der Waals surface area contributed by atoms with Crippen molar-refractivity contribution in [3.63, 3.8) is 0 Å². The molecular weight excluding hydrogens is 380 g/mol. The standard InChI is InChI=1S/C22H18N6O2/c1-14-24-22-25-18-8-10-27(13-15-5-4-9-23-12-15)21(29)19(18)20(28(22)26-14)16-6-3-7-17(11-16)30-2/h3-12H,13H2,1-2H3/p+1. The van der Waals surface area contributed by atoms with Crippen LogP contribution in [0.5, 0.6) is 5.75 Å². The molecule has 8 heteroatoms. The number of fused-ring (bicyclic) bond motifs is 2. The van der Waals surface area contributed by atoms with Gasteiger partial charge in [0.15, 0.2) is 11.2 Å². The van der Waals surface area contributed by atoms with E-state index in [1.807, 2.05) is 49.4 Å². The fourth-order valence-electron chi connectivity index (χ4n) is 3.62. The molecule has 148 valence electrons. The summed E-state index contributed by atoms with van der Waals surface area (Å²) in [6, 6.07) is 13.3. The first-order valence-electron chi connectivity index (χ1n) is 9.49. The molecule has 0 aliphatic carbocycles. The van der Waals surface area contributed by atoms with E-state index in [0.29, 0.717) is 40.5 Å². The van der Waals surface area contributed by atoms with Gasteiger partial charge in [-0.25, -0.2) is 5.10 Å². The highest BCUT2D eigenvalue weighted by molar-refractivity contribution is 5.90. The minimum atomic E-state index is -0.136. The first kappa shape index (κ1) is 18.0. The number of ether oxygens (including phenoxy) is 1. The summed E-state index contributed by atoms with van der Waals surface area (Å²) in [4.78, 5) is 26.8. The van der Waals surface area contributed by atoms with Crippen molar-refractivity contribution < 1.29 is 9.25 Å². The number of pyridine rings is 2. The van der Waals surface area contributed by atoms with Gasteiger partial charge in [0, 0.05) is 31.1 Å². The number of methoxy groups -OCH3 is 1. The second-order valence-electron chi connectivity index (χ2n) is 7.01. The van der Waals surface area contributed by atoms with Crippen molar-refractivity contribution in [3.05, 3.63) is 82.8 Å². The fourth-order valence-corrected chi connectivity index (χ4v) is 3.62. The Balaban J connectivity index is 1.83. The molecule has 5 aromatic rings. The minimum Gasteiger partial charge on any atom is -0.497 e. The van der Waals surface area contributed by atoms with Gasteiger partial charge >= 0.3 is 5.78 Å². The molecule has 0 amide bonds. The maximum Gasteiger partial charge on any atom is 0.458 e. The lowest BCUT2D eigenvalue weighted by atomic mass is 10.1. The van der Waals surface area contributed by atoms with Crippen LogP contribution in [0, 0.1) is 6.92 Å². The van der Waals surface area contributed by atoms with Gasteiger partial charge in [-0.15, -0.1) is 4.52 Å². The Morgan fingerprint density at radius 1 is 1.17 bits per heavy atom. The van der Waals surface area contributed by atoms with Crippen molar-refractivity contribution in [3.8, 4) is 17.0 Å². The smallest absolute Gasteiger partial charge is 0.458 e. The molecule has 0 radical (unpaired) electrons. The molecular formula is C22H19N6O2+. The second-order valence-corrected chi connectivity index (χ2v) is 7.01. The van der Waals surface area contributed by atoms with Crippen LogP contribution in [0.25, 0.3) is 27.9 Å². The molecule has 0 aliphatic heterocycles. The Labute approximate surface area is 171 Å². The summed E-state index contributed by atoms with van der Waals surface area (Å²) < 4.78 is 8.82. The van der Waals surface area contributed by atoms with Crippen LogP contribution in [0.15, 0.2) is 65.8 Å². The highest BCUT2D eigenvalue weighted by atomic mass is 16.5. The van der Waals surface area contributed by atoms with E-state index >= 15 is 0 Å². The molecule has 4 aromatic heterocycles. The maximum absolute atomic E-state index is 13.6. The number of benzene rings is 1. The lowest BCUT2D eigenvalue weighted by Crippen LogP contribution is -2.32. The van der Waals surface area contributed by atoms with Crippen LogP contribution in [0.4, 0.5) is 0 Å². The first-order chi connectivity index (χ1) is 14.6. The lowest BCUT2D eigenvalue weighted by molar-refractivity contribution is -0.567. The quantitative estimate of drug-likeness (QED) is 0.468. The molecule has 0 spiro atoms. The number of hydrogen-bond acceptors (Lipinski definition) is 5. The number of nitrogens with one attached hydrogen (secondary N) is 1. The summed E-state index contributed by atoms with van der Waals surface area (Å²) in [6.07, 6.45) is 5.23. The van der Waals surface area contributed by atoms with Crippen LogP contribution in [0.1, 0.15) is 11.4 Å². The molecule has 8 nitrogen and oxygen atoms in total. The van der Waals surface area contributed by atoms with Gasteiger partial charge in [0.1, 0.15) is 11.1 Å². The van der Waals surface area contributed by atoms with Gasteiger partial charge in [-0.3, -0.25) is 9.78 Å². The monoisotopic (exact) mass is 399 g/mol. The van der Waals surface area contributed by atoms with Gasteiger partial charge in [0.2, 0.25) is 5.82 Å². The van der Waals surface area contributed by atoms with Crippen molar-refractivity contribution in [2.75, 3.05) is 7.11 Å². The third kappa shape index (κ3) is 2.98. The Kier molecular flexibility index (Phi) is 4.24. The highest BCUT2D eigenvalue weighted by Gasteiger charge is 2.24. The number of rotatable bonds is 4. The van der Waals surface area contributed by atoms with Crippen molar-refractivity contribution in [1.29, 1.82) is 0 Å². The zero-order valence-electron chi connectivity index (χ0n) is 16.5. The van der Waals surface area contributed by atoms with Gasteiger partial charge < -0.3 is 9.30 Å². The molecule has 0 bridgehead atoms. The van der Waals surface area contributed by atoms with Gasteiger partial charge in [-0.05, 0) is 29.8 Å². The van der Waals surface area contributed by atoms with Crippen molar-refractivity contribution >= 4 is 16.7 Å². The van der Waals surface area contributed by atoms with E-state index in [0.717, 1.165) is 11.1 Å². The minimum absolute atomic E-state index is 0.136. The summed E-state index contributed by atoms with van der Waals surface area (Å²) in [6.45, 7) is 2.28. The van der Waals surface area contributed by atoms with E-state index in [-0.39, 0.29) is 5.56 Å². The third-order valence-electron chi connectivity index (χ3n) is 4.98. The van der Waals surface area contributed by atoms with Crippen LogP contribution in [-0.4, -0.2) is 31.7 Å². The normalized spacial score (nSPS) is 11.3. The van der Waals surface area contributed by atoms with E-state index in [2.05, 4.69) is 20.1 Å². The molecule has 0 fully saturated rings. The number of aryl methyl sites for hydroxylation is 1. The average Bonchev–Trinajstić information content (AvgIpc) is 3.14. The number of aromatic amines is 1. The number of aromatic nitrogens is 6. The highest BCUT2D eigenvalue weighted by Crippen LogP contribution is 2.25. The molecule has 5 rings (SSSR count). The summed E-state index contributed by atoms with van der Waals surface area (Å²) in [5.41, 5.74) is 2.92. The maximum atomic E-state index is 13.6. The largest absolute Gasteiger partial charge is 0.497 e. The van der Waals surface area contributed by atoms with E-state index in [1.54, 1.807) is 34.8 Å². The van der Waals surface area contributed by atoms with Gasteiger partial charge in [0.25, 0.3) is 5.56 Å². The second kappa shape index (κ2) is 7.07. The van der Waals surface area contributed by atoms with Gasteiger partial charge in [-0.1, -0.05) is 28.2 Å². The zero-order valence-corrected chi connectivity index (χ0v) is 16.5. The number of nitrogens with zero attached hydrogens (tertiary/aromatic N) is 5. The topological polar surface area (TPSA) is 89.8 Å². The molecule has 1 N–H and O–H groups in total. The molecule has 0 saturated carbocycles. The summed E-state index contributed by atoms with van der Waals surface area (Å²) in [5, 5.41) is 3.71. The van der Waals surface area contributed by atoms with Gasteiger partial charge in [0.05, 0.1) is 13.7 Å². The Bertz CT molecular complexity index is 1440. The number of H-pyrrole nitrogens is 1. The Morgan fingerprint density at radius 2 is 2.07 bits per heavy atom. The van der Waals surface area contributed by atoms with Crippen LogP contribution >= 0.6 is 0 Å². The van der Waals surface area contributed by atoms with Crippen LogP contribution in [0.2, 0.25) is 0 Å². The van der Waals surface area contributed by atoms with Crippen molar-refractivity contribution in [1.82, 2.24) is 24.6 Å². The molecule has 4 heterocycles. The molecule has 30 heavy (non-hydrogen) atoms. The van der Waals surface area contributed by atoms with E-state index in [9.17, 15) is 4.79 Å². The SMILES string of the molecule is COc1cccc(-c2c3c(=O)n(Cc4cccnc4)ccc3nc3nc(C)[nH][n+]23)c1. The van der Waals surface area contributed by atoms with E-state index in [4.69, 9.17) is 4.74 Å². The lowest BCUT2D eigenvalue weighted by Gasteiger charge is -2.09. The summed E-state index contributed by atoms with van der Waals surface area (Å²) in [5.74, 6) is 1.91. The molecule has 0 saturated heterocycles. The van der Waals surface area contributed by atoms with Crippen LogP contribution in [0.3, 0.4) is 0 Å². The molecule has 0 atom stereocenters. The van der Waals surface area contributed by atoms with Gasteiger partial charge in [-0.2, -0.15) is 0 Å². The predicted octanol–water partition coefficient (Wildman–Crippen LogP) is 2.29. The van der Waals surface area contributed by atoms with Crippen molar-refractivity contribution in [2.24, 2.45) is 0 Å². The third-order valence-corrected chi connectivity index (χ3v) is 4.98. The van der Waals surface area contributed by atoms with Crippen LogP contribution in [-0.2, 0) is 6.54 Å². The Morgan fingerprint density at radius 3 is 2.87 bits per heavy atom. The predicted molar refractivity (Wildman–Crippen MR) is 111 cm³/mol. The molecule has 0 aliphatic rings. The van der Waals surface area contributed by atoms with Crippen molar-refractivity contribution in [2.45, 2.75) is 13.5 Å².